The van der Waals surface area contributed by atoms with Crippen molar-refractivity contribution in [3.63, 3.8) is 0 Å². The second kappa shape index (κ2) is 5.15. The van der Waals surface area contributed by atoms with E-state index in [0.717, 1.165) is 23.6 Å². The molecule has 90 valence electrons. The summed E-state index contributed by atoms with van der Waals surface area (Å²) in [6.07, 6.45) is 0.894. The predicted octanol–water partition coefficient (Wildman–Crippen LogP) is 3.81. The van der Waals surface area contributed by atoms with Crippen LogP contribution < -0.4 is 5.32 Å². The van der Waals surface area contributed by atoms with E-state index in [9.17, 15) is 5.11 Å². The average Bonchev–Trinajstić information content (AvgIpc) is 2.79. The molecule has 1 heterocycles. The van der Waals surface area contributed by atoms with Crippen molar-refractivity contribution >= 4 is 17.3 Å². The number of halogens is 1. The summed E-state index contributed by atoms with van der Waals surface area (Å²) in [7, 11) is 0. The SMILES string of the molecule is CCc1ccc(CNc2ccc(O)c(Cl)c2)o1. The van der Waals surface area contributed by atoms with Crippen LogP contribution in [0.3, 0.4) is 0 Å². The van der Waals surface area contributed by atoms with E-state index < -0.39 is 0 Å². The minimum absolute atomic E-state index is 0.0866. The summed E-state index contributed by atoms with van der Waals surface area (Å²) < 4.78 is 5.56. The van der Waals surface area contributed by atoms with Crippen LogP contribution in [0, 0.1) is 0 Å². The van der Waals surface area contributed by atoms with Crippen molar-refractivity contribution < 1.29 is 9.52 Å². The van der Waals surface area contributed by atoms with Gasteiger partial charge in [0.1, 0.15) is 17.3 Å². The fourth-order valence-corrected chi connectivity index (χ4v) is 1.69. The standard InChI is InChI=1S/C13H14ClNO2/c1-2-10-4-5-11(17-10)8-15-9-3-6-13(16)12(14)7-9/h3-7,15-16H,2,8H2,1H3. The fraction of sp³-hybridized carbons (Fsp3) is 0.231. The first-order valence-electron chi connectivity index (χ1n) is 5.49. The lowest BCUT2D eigenvalue weighted by Gasteiger charge is -2.05. The molecule has 0 radical (unpaired) electrons. The third-order valence-electron chi connectivity index (χ3n) is 2.48. The quantitative estimate of drug-likeness (QED) is 0.812. The fourth-order valence-electron chi connectivity index (χ4n) is 1.51. The molecular weight excluding hydrogens is 238 g/mol. The van der Waals surface area contributed by atoms with Crippen LogP contribution in [0.5, 0.6) is 5.75 Å². The van der Waals surface area contributed by atoms with E-state index in [1.54, 1.807) is 18.2 Å². The van der Waals surface area contributed by atoms with E-state index in [2.05, 4.69) is 12.2 Å². The first-order chi connectivity index (χ1) is 8.19. The van der Waals surface area contributed by atoms with Crippen molar-refractivity contribution in [3.8, 4) is 5.75 Å². The number of furan rings is 1. The molecule has 0 aliphatic rings. The molecule has 17 heavy (non-hydrogen) atoms. The maximum Gasteiger partial charge on any atom is 0.134 e. The molecule has 4 heteroatoms. The minimum Gasteiger partial charge on any atom is -0.506 e. The van der Waals surface area contributed by atoms with E-state index in [-0.39, 0.29) is 5.75 Å². The topological polar surface area (TPSA) is 45.4 Å². The van der Waals surface area contributed by atoms with Crippen molar-refractivity contribution in [1.29, 1.82) is 0 Å². The summed E-state index contributed by atoms with van der Waals surface area (Å²) in [5.41, 5.74) is 0.849. The van der Waals surface area contributed by atoms with Crippen molar-refractivity contribution in [1.82, 2.24) is 0 Å². The molecule has 2 N–H and O–H groups in total. The maximum atomic E-state index is 9.29. The number of aryl methyl sites for hydroxylation is 1. The highest BCUT2D eigenvalue weighted by Gasteiger charge is 2.02. The molecule has 3 nitrogen and oxygen atoms in total. The van der Waals surface area contributed by atoms with Gasteiger partial charge < -0.3 is 14.8 Å². The summed E-state index contributed by atoms with van der Waals surface area (Å²) in [6, 6.07) is 8.93. The van der Waals surface area contributed by atoms with Crippen molar-refractivity contribution in [2.75, 3.05) is 5.32 Å². The molecule has 1 aromatic carbocycles. The van der Waals surface area contributed by atoms with Crippen LogP contribution >= 0.6 is 11.6 Å². The molecule has 0 atom stereocenters. The lowest BCUT2D eigenvalue weighted by molar-refractivity contribution is 0.475. The number of aromatic hydroxyl groups is 1. The number of phenols is 1. The third kappa shape index (κ3) is 2.94. The van der Waals surface area contributed by atoms with Crippen LogP contribution in [-0.2, 0) is 13.0 Å². The van der Waals surface area contributed by atoms with Gasteiger partial charge in [-0.1, -0.05) is 18.5 Å². The van der Waals surface area contributed by atoms with Gasteiger partial charge in [-0.15, -0.1) is 0 Å². The van der Waals surface area contributed by atoms with Crippen LogP contribution in [-0.4, -0.2) is 5.11 Å². The third-order valence-corrected chi connectivity index (χ3v) is 2.78. The largest absolute Gasteiger partial charge is 0.506 e. The number of phenolic OH excluding ortho intramolecular Hbond substituents is 1. The molecule has 0 amide bonds. The molecule has 0 saturated heterocycles. The Balaban J connectivity index is 1.99. The summed E-state index contributed by atoms with van der Waals surface area (Å²) in [4.78, 5) is 0. The molecule has 0 spiro atoms. The van der Waals surface area contributed by atoms with Gasteiger partial charge in [0.15, 0.2) is 0 Å². The molecule has 0 aliphatic carbocycles. The van der Waals surface area contributed by atoms with Gasteiger partial charge in [-0.05, 0) is 30.3 Å². The molecule has 2 rings (SSSR count). The van der Waals surface area contributed by atoms with E-state index >= 15 is 0 Å². The Hall–Kier alpha value is -1.61. The number of nitrogens with one attached hydrogen (secondary N) is 1. The van der Waals surface area contributed by atoms with Gasteiger partial charge in [0.25, 0.3) is 0 Å². The van der Waals surface area contributed by atoms with E-state index in [0.29, 0.717) is 11.6 Å². The van der Waals surface area contributed by atoms with E-state index in [1.165, 1.54) is 0 Å². The lowest BCUT2D eigenvalue weighted by atomic mass is 10.3. The number of benzene rings is 1. The highest BCUT2D eigenvalue weighted by atomic mass is 35.5. The Morgan fingerprint density at radius 1 is 1.24 bits per heavy atom. The van der Waals surface area contributed by atoms with Crippen molar-refractivity contribution in [3.05, 3.63) is 46.9 Å². The first-order valence-corrected chi connectivity index (χ1v) is 5.87. The van der Waals surface area contributed by atoms with E-state index in [1.807, 2.05) is 12.1 Å². The summed E-state index contributed by atoms with van der Waals surface area (Å²) in [5, 5.41) is 12.8. The van der Waals surface area contributed by atoms with E-state index in [4.69, 9.17) is 16.0 Å². The summed E-state index contributed by atoms with van der Waals surface area (Å²) >= 11 is 5.81. The van der Waals surface area contributed by atoms with Crippen LogP contribution in [0.1, 0.15) is 18.4 Å². The van der Waals surface area contributed by atoms with Gasteiger partial charge in [0, 0.05) is 12.1 Å². The number of hydrogen-bond donors (Lipinski definition) is 2. The second-order valence-electron chi connectivity index (χ2n) is 3.74. The van der Waals surface area contributed by atoms with Gasteiger partial charge >= 0.3 is 0 Å². The van der Waals surface area contributed by atoms with Crippen LogP contribution in [0.25, 0.3) is 0 Å². The molecule has 1 aromatic heterocycles. The van der Waals surface area contributed by atoms with Crippen molar-refractivity contribution in [2.45, 2.75) is 19.9 Å². The Kier molecular flexibility index (Phi) is 3.59. The normalized spacial score (nSPS) is 10.5. The zero-order valence-corrected chi connectivity index (χ0v) is 10.3. The molecule has 0 aliphatic heterocycles. The van der Waals surface area contributed by atoms with Gasteiger partial charge in [-0.25, -0.2) is 0 Å². The zero-order valence-electron chi connectivity index (χ0n) is 9.53. The Bertz CT molecular complexity index is 508. The minimum atomic E-state index is 0.0866. The number of hydrogen-bond acceptors (Lipinski definition) is 3. The van der Waals surface area contributed by atoms with Crippen LogP contribution in [0.2, 0.25) is 5.02 Å². The molecule has 0 saturated carbocycles. The van der Waals surface area contributed by atoms with Crippen molar-refractivity contribution in [2.24, 2.45) is 0 Å². The summed E-state index contributed by atoms with van der Waals surface area (Å²) in [6.45, 7) is 2.65. The Morgan fingerprint density at radius 3 is 2.65 bits per heavy atom. The van der Waals surface area contributed by atoms with Gasteiger partial charge in [-0.3, -0.25) is 0 Å². The van der Waals surface area contributed by atoms with Gasteiger partial charge in [0.2, 0.25) is 0 Å². The molecule has 2 aromatic rings. The highest BCUT2D eigenvalue weighted by Crippen LogP contribution is 2.26. The predicted molar refractivity (Wildman–Crippen MR) is 68.5 cm³/mol. The first kappa shape index (κ1) is 11.9. The highest BCUT2D eigenvalue weighted by molar-refractivity contribution is 6.32. The molecule has 0 unspecified atom stereocenters. The zero-order chi connectivity index (χ0) is 12.3. The number of anilines is 1. The Labute approximate surface area is 105 Å². The molecular formula is C13H14ClNO2. The summed E-state index contributed by atoms with van der Waals surface area (Å²) in [5.74, 6) is 1.94. The average molecular weight is 252 g/mol. The van der Waals surface area contributed by atoms with Gasteiger partial charge in [-0.2, -0.15) is 0 Å². The monoisotopic (exact) mass is 251 g/mol. The Morgan fingerprint density at radius 2 is 2.00 bits per heavy atom. The smallest absolute Gasteiger partial charge is 0.134 e. The number of rotatable bonds is 4. The molecule has 0 bridgehead atoms. The maximum absolute atomic E-state index is 9.29. The van der Waals surface area contributed by atoms with Crippen LogP contribution in [0.15, 0.2) is 34.7 Å². The van der Waals surface area contributed by atoms with Gasteiger partial charge in [0.05, 0.1) is 11.6 Å². The second-order valence-corrected chi connectivity index (χ2v) is 4.15. The molecule has 0 fully saturated rings. The lowest BCUT2D eigenvalue weighted by Crippen LogP contribution is -1.97. The van der Waals surface area contributed by atoms with Crippen LogP contribution in [0.4, 0.5) is 5.69 Å².